The van der Waals surface area contributed by atoms with E-state index in [0.717, 1.165) is 12.8 Å². The minimum Gasteiger partial charge on any atom is -0.338 e. The Morgan fingerprint density at radius 1 is 1.42 bits per heavy atom. The second-order valence-electron chi connectivity index (χ2n) is 5.79. The Morgan fingerprint density at radius 3 is 2.96 bits per heavy atom. The van der Waals surface area contributed by atoms with E-state index in [2.05, 4.69) is 15.5 Å². The fraction of sp³-hybridized carbons (Fsp3) is 0.375. The molecule has 1 atom stereocenters. The zero-order valence-electron chi connectivity index (χ0n) is 13.2. The molecule has 1 N–H and O–H groups in total. The molecule has 2 heterocycles. The summed E-state index contributed by atoms with van der Waals surface area (Å²) in [7, 11) is 0. The lowest BCUT2D eigenvalue weighted by Gasteiger charge is -2.32. The van der Waals surface area contributed by atoms with E-state index in [1.54, 1.807) is 23.4 Å². The second-order valence-corrected chi connectivity index (χ2v) is 6.62. The van der Waals surface area contributed by atoms with Crippen LogP contribution in [0.2, 0.25) is 0 Å². The maximum absolute atomic E-state index is 13.4. The average Bonchev–Trinajstić information content (AvgIpc) is 3.10. The molecule has 0 bridgehead atoms. The molecule has 6 nitrogen and oxygen atoms in total. The second kappa shape index (κ2) is 7.04. The molecule has 1 fully saturated rings. The molecule has 3 rings (SSSR count). The smallest absolute Gasteiger partial charge is 0.253 e. The number of likely N-dealkylation sites (tertiary alicyclic amines) is 1. The molecular formula is C16H17FN4O2S. The van der Waals surface area contributed by atoms with Crippen LogP contribution in [0.5, 0.6) is 0 Å². The Morgan fingerprint density at radius 2 is 2.25 bits per heavy atom. The number of hydrogen-bond acceptors (Lipinski definition) is 5. The topological polar surface area (TPSA) is 75.2 Å². The van der Waals surface area contributed by atoms with Gasteiger partial charge in [0.1, 0.15) is 11.3 Å². The van der Waals surface area contributed by atoms with Crippen LogP contribution in [0.15, 0.2) is 23.7 Å². The minimum absolute atomic E-state index is 0.153. The van der Waals surface area contributed by atoms with E-state index in [4.69, 9.17) is 0 Å². The van der Waals surface area contributed by atoms with Gasteiger partial charge in [-0.25, -0.2) is 4.39 Å². The standard InChI is InChI=1S/C16H17FN4O2S/c1-10-7-11(4-5-13(10)17)15(23)21-6-2-3-12(8-21)14(22)19-16-20-18-9-24-16/h4-5,7,9,12H,2-3,6,8H2,1H3,(H,19,20,22). The molecule has 2 aromatic rings. The van der Waals surface area contributed by atoms with E-state index in [-0.39, 0.29) is 23.5 Å². The van der Waals surface area contributed by atoms with Crippen LogP contribution in [-0.2, 0) is 4.79 Å². The van der Waals surface area contributed by atoms with Crippen LogP contribution >= 0.6 is 11.3 Å². The number of nitrogens with one attached hydrogen (secondary N) is 1. The van der Waals surface area contributed by atoms with Crippen LogP contribution in [0.1, 0.15) is 28.8 Å². The van der Waals surface area contributed by atoms with Crippen LogP contribution in [0.25, 0.3) is 0 Å². The number of piperidine rings is 1. The number of carbonyl (C=O) groups is 2. The van der Waals surface area contributed by atoms with Gasteiger partial charge >= 0.3 is 0 Å². The fourth-order valence-electron chi connectivity index (χ4n) is 2.77. The van der Waals surface area contributed by atoms with Crippen LogP contribution in [0.3, 0.4) is 0 Å². The first-order valence-electron chi connectivity index (χ1n) is 7.67. The van der Waals surface area contributed by atoms with Crippen molar-refractivity contribution < 1.29 is 14.0 Å². The van der Waals surface area contributed by atoms with E-state index < -0.39 is 0 Å². The van der Waals surface area contributed by atoms with Crippen molar-refractivity contribution in [2.75, 3.05) is 18.4 Å². The highest BCUT2D eigenvalue weighted by molar-refractivity contribution is 7.13. The number of aromatic nitrogens is 2. The van der Waals surface area contributed by atoms with Gasteiger partial charge in [0.25, 0.3) is 5.91 Å². The van der Waals surface area contributed by atoms with Gasteiger partial charge < -0.3 is 10.2 Å². The largest absolute Gasteiger partial charge is 0.338 e. The van der Waals surface area contributed by atoms with Gasteiger partial charge in [-0.3, -0.25) is 9.59 Å². The minimum atomic E-state index is -0.334. The lowest BCUT2D eigenvalue weighted by atomic mass is 9.96. The van der Waals surface area contributed by atoms with E-state index in [1.165, 1.54) is 23.5 Å². The van der Waals surface area contributed by atoms with E-state index in [0.29, 0.717) is 29.3 Å². The summed E-state index contributed by atoms with van der Waals surface area (Å²) >= 11 is 1.25. The highest BCUT2D eigenvalue weighted by Crippen LogP contribution is 2.21. The number of anilines is 1. The summed E-state index contributed by atoms with van der Waals surface area (Å²) in [4.78, 5) is 26.6. The van der Waals surface area contributed by atoms with Crippen LogP contribution < -0.4 is 5.32 Å². The van der Waals surface area contributed by atoms with Gasteiger partial charge in [-0.15, -0.1) is 10.2 Å². The van der Waals surface area contributed by atoms with E-state index >= 15 is 0 Å². The van der Waals surface area contributed by atoms with Crippen molar-refractivity contribution in [1.29, 1.82) is 0 Å². The van der Waals surface area contributed by atoms with Gasteiger partial charge in [-0.1, -0.05) is 11.3 Å². The van der Waals surface area contributed by atoms with Crippen molar-refractivity contribution in [1.82, 2.24) is 15.1 Å². The summed E-state index contributed by atoms with van der Waals surface area (Å²) in [6.45, 7) is 2.57. The lowest BCUT2D eigenvalue weighted by molar-refractivity contribution is -0.121. The number of halogens is 1. The lowest BCUT2D eigenvalue weighted by Crippen LogP contribution is -2.43. The number of aryl methyl sites for hydroxylation is 1. The Hall–Kier alpha value is -2.35. The third kappa shape index (κ3) is 3.59. The maximum atomic E-state index is 13.4. The zero-order chi connectivity index (χ0) is 17.1. The van der Waals surface area contributed by atoms with E-state index in [1.807, 2.05) is 0 Å². The van der Waals surface area contributed by atoms with Crippen LogP contribution in [0.4, 0.5) is 9.52 Å². The van der Waals surface area contributed by atoms with E-state index in [9.17, 15) is 14.0 Å². The number of carbonyl (C=O) groups excluding carboxylic acids is 2. The molecule has 24 heavy (non-hydrogen) atoms. The summed E-state index contributed by atoms with van der Waals surface area (Å²) < 4.78 is 13.4. The Balaban J connectivity index is 1.67. The molecule has 1 aromatic heterocycles. The van der Waals surface area contributed by atoms with Crippen molar-refractivity contribution in [2.45, 2.75) is 19.8 Å². The number of nitrogens with zero attached hydrogens (tertiary/aromatic N) is 3. The van der Waals surface area contributed by atoms with Gasteiger partial charge in [0.2, 0.25) is 11.0 Å². The molecule has 0 saturated carbocycles. The molecule has 0 radical (unpaired) electrons. The number of hydrogen-bond donors (Lipinski definition) is 1. The molecule has 1 unspecified atom stereocenters. The molecule has 1 aromatic carbocycles. The van der Waals surface area contributed by atoms with Crippen molar-refractivity contribution in [3.8, 4) is 0 Å². The van der Waals surface area contributed by atoms with Gasteiger partial charge in [0, 0.05) is 18.7 Å². The quantitative estimate of drug-likeness (QED) is 0.925. The third-order valence-electron chi connectivity index (χ3n) is 4.07. The molecule has 1 saturated heterocycles. The van der Waals surface area contributed by atoms with Gasteiger partial charge in [0.05, 0.1) is 5.92 Å². The van der Waals surface area contributed by atoms with Gasteiger partial charge in [-0.05, 0) is 43.5 Å². The van der Waals surface area contributed by atoms with Gasteiger partial charge in [-0.2, -0.15) is 0 Å². The molecule has 126 valence electrons. The molecule has 0 spiro atoms. The molecule has 1 aliphatic rings. The monoisotopic (exact) mass is 348 g/mol. The highest BCUT2D eigenvalue weighted by atomic mass is 32.1. The number of rotatable bonds is 3. The SMILES string of the molecule is Cc1cc(C(=O)N2CCCC(C(=O)Nc3nncs3)C2)ccc1F. The summed E-state index contributed by atoms with van der Waals surface area (Å²) in [5.41, 5.74) is 2.42. The predicted molar refractivity (Wildman–Crippen MR) is 88.3 cm³/mol. The zero-order valence-corrected chi connectivity index (χ0v) is 14.0. The molecular weight excluding hydrogens is 331 g/mol. The Labute approximate surface area is 142 Å². The molecule has 1 aliphatic heterocycles. The highest BCUT2D eigenvalue weighted by Gasteiger charge is 2.29. The van der Waals surface area contributed by atoms with Crippen LogP contribution in [-0.4, -0.2) is 40.0 Å². The van der Waals surface area contributed by atoms with Crippen molar-refractivity contribution in [3.05, 3.63) is 40.7 Å². The molecule has 2 amide bonds. The summed E-state index contributed by atoms with van der Waals surface area (Å²) in [6.07, 6.45) is 1.47. The van der Waals surface area contributed by atoms with Crippen LogP contribution in [0, 0.1) is 18.7 Å². The number of amides is 2. The van der Waals surface area contributed by atoms with Gasteiger partial charge in [0.15, 0.2) is 0 Å². The Bertz CT molecular complexity index is 751. The summed E-state index contributed by atoms with van der Waals surface area (Å²) in [6, 6.07) is 4.32. The summed E-state index contributed by atoms with van der Waals surface area (Å²) in [5, 5.41) is 10.7. The molecule has 0 aliphatic carbocycles. The van der Waals surface area contributed by atoms with Crippen molar-refractivity contribution >= 4 is 28.3 Å². The third-order valence-corrected chi connectivity index (χ3v) is 4.68. The number of benzene rings is 1. The normalized spacial score (nSPS) is 17.6. The Kier molecular flexibility index (Phi) is 4.84. The van der Waals surface area contributed by atoms with Crippen molar-refractivity contribution in [2.24, 2.45) is 5.92 Å². The first kappa shape index (κ1) is 16.5. The molecule has 8 heteroatoms. The predicted octanol–water partition coefficient (Wildman–Crippen LogP) is 2.48. The maximum Gasteiger partial charge on any atom is 0.253 e. The van der Waals surface area contributed by atoms with Crippen molar-refractivity contribution in [3.63, 3.8) is 0 Å². The fourth-order valence-corrected chi connectivity index (χ4v) is 3.22. The summed E-state index contributed by atoms with van der Waals surface area (Å²) in [5.74, 6) is -0.946. The first-order chi connectivity index (χ1) is 11.5. The average molecular weight is 348 g/mol. The first-order valence-corrected chi connectivity index (χ1v) is 8.55.